The zero-order valence-corrected chi connectivity index (χ0v) is 12.9. The average molecular weight is 342 g/mol. The van der Waals surface area contributed by atoms with Crippen molar-refractivity contribution in [3.8, 4) is 0 Å². The molecule has 1 fully saturated rings. The van der Waals surface area contributed by atoms with Gasteiger partial charge in [-0.1, -0.05) is 41.3 Å². The Morgan fingerprint density at radius 1 is 1.30 bits per heavy atom. The molecule has 0 heterocycles. The molecule has 110 valence electrons. The molecule has 1 aromatic carbocycles. The summed E-state index contributed by atoms with van der Waals surface area (Å²) < 4.78 is 0.778. The summed E-state index contributed by atoms with van der Waals surface area (Å²) in [6, 6.07) is 5.00. The standard InChI is InChI=1S/C15H20BrNO3/c16-13-8-11(14(18)19)4-5-12(13)9-17-10-15(20)6-2-1-3-7-15/h4-5,8,17,20H,1-3,6-7,9-10H2,(H,18,19). The molecule has 1 aliphatic rings. The van der Waals surface area contributed by atoms with Gasteiger partial charge >= 0.3 is 5.97 Å². The van der Waals surface area contributed by atoms with Crippen LogP contribution in [0.1, 0.15) is 48.0 Å². The van der Waals surface area contributed by atoms with Gasteiger partial charge in [0.15, 0.2) is 0 Å². The van der Waals surface area contributed by atoms with Gasteiger partial charge in [0, 0.05) is 17.6 Å². The number of halogens is 1. The highest BCUT2D eigenvalue weighted by molar-refractivity contribution is 9.10. The Morgan fingerprint density at radius 3 is 2.60 bits per heavy atom. The number of hydrogen-bond acceptors (Lipinski definition) is 3. The summed E-state index contributed by atoms with van der Waals surface area (Å²) >= 11 is 3.39. The van der Waals surface area contributed by atoms with E-state index in [1.165, 1.54) is 6.42 Å². The SMILES string of the molecule is O=C(O)c1ccc(CNCC2(O)CCCCC2)c(Br)c1. The van der Waals surface area contributed by atoms with E-state index >= 15 is 0 Å². The lowest BCUT2D eigenvalue weighted by Gasteiger charge is -2.32. The maximum atomic E-state index is 10.9. The number of carboxylic acid groups (broad SMARTS) is 1. The normalized spacial score (nSPS) is 17.9. The monoisotopic (exact) mass is 341 g/mol. The molecule has 0 unspecified atom stereocenters. The minimum Gasteiger partial charge on any atom is -0.478 e. The van der Waals surface area contributed by atoms with E-state index in [0.29, 0.717) is 13.1 Å². The minimum atomic E-state index is -0.929. The highest BCUT2D eigenvalue weighted by atomic mass is 79.9. The van der Waals surface area contributed by atoms with Crippen LogP contribution in [0.3, 0.4) is 0 Å². The first-order valence-corrected chi connectivity index (χ1v) is 7.74. The predicted octanol–water partition coefficient (Wildman–Crippen LogP) is 2.93. The van der Waals surface area contributed by atoms with Crippen molar-refractivity contribution in [3.63, 3.8) is 0 Å². The first-order chi connectivity index (χ1) is 9.50. The van der Waals surface area contributed by atoms with Gasteiger partial charge in [0.05, 0.1) is 11.2 Å². The maximum Gasteiger partial charge on any atom is 0.335 e. The van der Waals surface area contributed by atoms with Crippen LogP contribution in [0.15, 0.2) is 22.7 Å². The van der Waals surface area contributed by atoms with Crippen molar-refractivity contribution in [3.05, 3.63) is 33.8 Å². The van der Waals surface area contributed by atoms with Crippen molar-refractivity contribution < 1.29 is 15.0 Å². The van der Waals surface area contributed by atoms with Gasteiger partial charge < -0.3 is 15.5 Å². The molecule has 0 saturated heterocycles. The Bertz CT molecular complexity index is 484. The van der Waals surface area contributed by atoms with E-state index in [2.05, 4.69) is 21.2 Å². The third-order valence-corrected chi connectivity index (χ3v) is 4.59. The van der Waals surface area contributed by atoms with Crippen LogP contribution in [-0.4, -0.2) is 28.3 Å². The molecular weight excluding hydrogens is 322 g/mol. The maximum absolute atomic E-state index is 10.9. The number of aromatic carboxylic acids is 1. The molecule has 0 bridgehead atoms. The van der Waals surface area contributed by atoms with Gasteiger partial charge in [0.2, 0.25) is 0 Å². The number of benzene rings is 1. The van der Waals surface area contributed by atoms with E-state index in [1.807, 2.05) is 0 Å². The largest absolute Gasteiger partial charge is 0.478 e. The topological polar surface area (TPSA) is 69.6 Å². The summed E-state index contributed by atoms with van der Waals surface area (Å²) in [5.41, 5.74) is 0.687. The number of nitrogens with one attached hydrogen (secondary N) is 1. The molecular formula is C15H20BrNO3. The lowest BCUT2D eigenvalue weighted by molar-refractivity contribution is 0.00466. The predicted molar refractivity (Wildman–Crippen MR) is 80.8 cm³/mol. The van der Waals surface area contributed by atoms with Crippen LogP contribution in [-0.2, 0) is 6.54 Å². The fourth-order valence-electron chi connectivity index (χ4n) is 2.64. The lowest BCUT2D eigenvalue weighted by atomic mass is 9.85. The van der Waals surface area contributed by atoms with E-state index < -0.39 is 11.6 Å². The summed E-state index contributed by atoms with van der Waals surface area (Å²) in [6.07, 6.45) is 5.12. The molecule has 1 aromatic rings. The summed E-state index contributed by atoms with van der Waals surface area (Å²) in [4.78, 5) is 10.9. The number of carboxylic acids is 1. The van der Waals surface area contributed by atoms with E-state index in [9.17, 15) is 9.90 Å². The number of carbonyl (C=O) groups is 1. The minimum absolute atomic E-state index is 0.270. The van der Waals surface area contributed by atoms with Crippen LogP contribution in [0.5, 0.6) is 0 Å². The van der Waals surface area contributed by atoms with Gasteiger partial charge in [-0.05, 0) is 30.5 Å². The Morgan fingerprint density at radius 2 is 2.00 bits per heavy atom. The van der Waals surface area contributed by atoms with E-state index in [4.69, 9.17) is 5.11 Å². The molecule has 2 rings (SSSR count). The first-order valence-electron chi connectivity index (χ1n) is 6.95. The van der Waals surface area contributed by atoms with Crippen molar-refractivity contribution in [2.24, 2.45) is 0 Å². The van der Waals surface area contributed by atoms with Crippen LogP contribution >= 0.6 is 15.9 Å². The van der Waals surface area contributed by atoms with Crippen molar-refractivity contribution in [2.75, 3.05) is 6.54 Å². The Hall–Kier alpha value is -0.910. The molecule has 20 heavy (non-hydrogen) atoms. The third-order valence-electron chi connectivity index (χ3n) is 3.85. The fraction of sp³-hybridized carbons (Fsp3) is 0.533. The van der Waals surface area contributed by atoms with Crippen LogP contribution in [0, 0.1) is 0 Å². The Balaban J connectivity index is 1.89. The lowest BCUT2D eigenvalue weighted by Crippen LogP contribution is -2.41. The zero-order chi connectivity index (χ0) is 14.6. The molecule has 0 spiro atoms. The number of hydrogen-bond donors (Lipinski definition) is 3. The summed E-state index contributed by atoms with van der Waals surface area (Å²) in [5, 5.41) is 22.6. The van der Waals surface area contributed by atoms with Gasteiger partial charge in [-0.15, -0.1) is 0 Å². The first kappa shape index (κ1) is 15.5. The Labute approximate surface area is 127 Å². The van der Waals surface area contributed by atoms with Crippen LogP contribution in [0.2, 0.25) is 0 Å². The van der Waals surface area contributed by atoms with Gasteiger partial charge in [-0.25, -0.2) is 4.79 Å². The third kappa shape index (κ3) is 4.04. The Kier molecular flexibility index (Phi) is 5.18. The second kappa shape index (κ2) is 6.70. The van der Waals surface area contributed by atoms with E-state index in [0.717, 1.165) is 35.7 Å². The second-order valence-corrected chi connectivity index (χ2v) is 6.35. The van der Waals surface area contributed by atoms with Crippen LogP contribution in [0.25, 0.3) is 0 Å². The van der Waals surface area contributed by atoms with Crippen molar-refractivity contribution in [2.45, 2.75) is 44.2 Å². The van der Waals surface area contributed by atoms with Gasteiger partial charge in [0.25, 0.3) is 0 Å². The molecule has 3 N–H and O–H groups in total. The van der Waals surface area contributed by atoms with Gasteiger partial charge in [-0.2, -0.15) is 0 Å². The molecule has 5 heteroatoms. The van der Waals surface area contributed by atoms with Crippen LogP contribution in [0.4, 0.5) is 0 Å². The summed E-state index contributed by atoms with van der Waals surface area (Å²) in [7, 11) is 0. The molecule has 0 aromatic heterocycles. The van der Waals surface area contributed by atoms with Crippen molar-refractivity contribution in [1.82, 2.24) is 5.32 Å². The number of rotatable bonds is 5. The quantitative estimate of drug-likeness (QED) is 0.770. The zero-order valence-electron chi connectivity index (χ0n) is 11.4. The van der Waals surface area contributed by atoms with Gasteiger partial charge in [0.1, 0.15) is 0 Å². The van der Waals surface area contributed by atoms with E-state index in [1.54, 1.807) is 18.2 Å². The van der Waals surface area contributed by atoms with Crippen molar-refractivity contribution in [1.29, 1.82) is 0 Å². The highest BCUT2D eigenvalue weighted by Gasteiger charge is 2.28. The second-order valence-electron chi connectivity index (χ2n) is 5.50. The summed E-state index contributed by atoms with van der Waals surface area (Å²) in [6.45, 7) is 1.20. The van der Waals surface area contributed by atoms with Gasteiger partial charge in [-0.3, -0.25) is 0 Å². The van der Waals surface area contributed by atoms with Crippen molar-refractivity contribution >= 4 is 21.9 Å². The highest BCUT2D eigenvalue weighted by Crippen LogP contribution is 2.27. The molecule has 0 amide bonds. The summed E-state index contributed by atoms with van der Waals surface area (Å²) in [5.74, 6) is -0.929. The molecule has 1 aliphatic carbocycles. The molecule has 0 atom stereocenters. The number of aliphatic hydroxyl groups is 1. The van der Waals surface area contributed by atoms with Crippen LogP contribution < -0.4 is 5.32 Å². The fourth-order valence-corrected chi connectivity index (χ4v) is 3.16. The van der Waals surface area contributed by atoms with E-state index in [-0.39, 0.29) is 5.56 Å². The molecule has 4 nitrogen and oxygen atoms in total. The average Bonchev–Trinajstić information content (AvgIpc) is 2.41. The smallest absolute Gasteiger partial charge is 0.335 e. The molecule has 0 radical (unpaired) electrons. The molecule has 1 saturated carbocycles. The molecule has 0 aliphatic heterocycles.